The van der Waals surface area contributed by atoms with E-state index in [1.54, 1.807) is 13.0 Å². The van der Waals surface area contributed by atoms with Crippen LogP contribution < -0.4 is 10.6 Å². The average molecular weight is 370 g/mol. The summed E-state index contributed by atoms with van der Waals surface area (Å²) in [6, 6.07) is 2.73. The number of nitrogens with zero attached hydrogens (tertiary/aromatic N) is 2. The quantitative estimate of drug-likeness (QED) is 0.551. The molecule has 24 heavy (non-hydrogen) atoms. The van der Waals surface area contributed by atoms with Gasteiger partial charge in [-0.15, -0.1) is 16.8 Å². The van der Waals surface area contributed by atoms with E-state index in [2.05, 4.69) is 27.4 Å². The first-order valence-corrected chi connectivity index (χ1v) is 8.85. The van der Waals surface area contributed by atoms with E-state index < -0.39 is 17.7 Å². The maximum absolute atomic E-state index is 13.7. The Bertz CT molecular complexity index is 723. The van der Waals surface area contributed by atoms with Gasteiger partial charge in [0.1, 0.15) is 11.6 Å². The molecule has 0 saturated heterocycles. The first-order valence-electron chi connectivity index (χ1n) is 7.05. The molecule has 0 radical (unpaired) electrons. The lowest BCUT2D eigenvalue weighted by Gasteiger charge is -2.14. The lowest BCUT2D eigenvalue weighted by molar-refractivity contribution is -0.119. The predicted octanol–water partition coefficient (Wildman–Crippen LogP) is 3.38. The van der Waals surface area contributed by atoms with Gasteiger partial charge in [-0.05, 0) is 13.0 Å². The number of rotatable bonds is 8. The highest BCUT2D eigenvalue weighted by molar-refractivity contribution is 8.01. The van der Waals surface area contributed by atoms with E-state index >= 15 is 0 Å². The SMILES string of the molecule is C=CCNc1nnc(SCC(=O)N[C@H](C)c2ccc(F)cc2F)s1. The second-order valence-electron chi connectivity index (χ2n) is 4.79. The van der Waals surface area contributed by atoms with Gasteiger partial charge in [0.2, 0.25) is 11.0 Å². The maximum atomic E-state index is 13.7. The Kier molecular flexibility index (Phi) is 6.68. The number of benzene rings is 1. The van der Waals surface area contributed by atoms with Crippen LogP contribution in [-0.2, 0) is 4.79 Å². The molecule has 0 aliphatic heterocycles. The lowest BCUT2D eigenvalue weighted by Crippen LogP contribution is -2.28. The zero-order chi connectivity index (χ0) is 17.5. The largest absolute Gasteiger partial charge is 0.357 e. The van der Waals surface area contributed by atoms with Crippen molar-refractivity contribution in [2.45, 2.75) is 17.3 Å². The zero-order valence-corrected chi connectivity index (χ0v) is 14.5. The van der Waals surface area contributed by atoms with Gasteiger partial charge < -0.3 is 10.6 Å². The Balaban J connectivity index is 1.84. The van der Waals surface area contributed by atoms with Crippen LogP contribution in [0.25, 0.3) is 0 Å². The summed E-state index contributed by atoms with van der Waals surface area (Å²) < 4.78 is 27.2. The predicted molar refractivity (Wildman–Crippen MR) is 92.2 cm³/mol. The molecule has 1 aromatic heterocycles. The highest BCUT2D eigenvalue weighted by Crippen LogP contribution is 2.25. The zero-order valence-electron chi connectivity index (χ0n) is 12.9. The standard InChI is InChI=1S/C15H16F2N4OS2/c1-3-6-18-14-20-21-15(24-14)23-8-13(22)19-9(2)11-5-4-10(16)7-12(11)17/h3-5,7,9H,1,6,8H2,2H3,(H,18,20)(H,19,22)/t9-/m1/s1. The van der Waals surface area contributed by atoms with E-state index in [-0.39, 0.29) is 17.2 Å². The van der Waals surface area contributed by atoms with E-state index in [0.29, 0.717) is 16.0 Å². The Labute approximate surface area is 146 Å². The number of hydrogen-bond donors (Lipinski definition) is 2. The lowest BCUT2D eigenvalue weighted by atomic mass is 10.1. The normalized spacial score (nSPS) is 11.8. The first-order chi connectivity index (χ1) is 11.5. The van der Waals surface area contributed by atoms with Gasteiger partial charge in [0.15, 0.2) is 4.34 Å². The van der Waals surface area contributed by atoms with Gasteiger partial charge >= 0.3 is 0 Å². The van der Waals surface area contributed by atoms with Crippen molar-refractivity contribution in [1.82, 2.24) is 15.5 Å². The van der Waals surface area contributed by atoms with Crippen molar-refractivity contribution in [2.75, 3.05) is 17.6 Å². The summed E-state index contributed by atoms with van der Waals surface area (Å²) in [6.45, 7) is 5.82. The van der Waals surface area contributed by atoms with Crippen LogP contribution in [-0.4, -0.2) is 28.4 Å². The molecular formula is C15H16F2N4OS2. The summed E-state index contributed by atoms with van der Waals surface area (Å²) in [7, 11) is 0. The third-order valence-electron chi connectivity index (χ3n) is 2.94. The van der Waals surface area contributed by atoms with Crippen molar-refractivity contribution >= 4 is 34.1 Å². The molecule has 2 aromatic rings. The van der Waals surface area contributed by atoms with Crippen LogP contribution in [0.4, 0.5) is 13.9 Å². The Hall–Kier alpha value is -2.00. The van der Waals surface area contributed by atoms with Gasteiger partial charge in [0.25, 0.3) is 0 Å². The number of thioether (sulfide) groups is 1. The van der Waals surface area contributed by atoms with Crippen LogP contribution in [0.5, 0.6) is 0 Å². The summed E-state index contributed by atoms with van der Waals surface area (Å²) in [5, 5.41) is 14.2. The van der Waals surface area contributed by atoms with Gasteiger partial charge in [0, 0.05) is 18.2 Å². The summed E-state index contributed by atoms with van der Waals surface area (Å²) in [5.74, 6) is -1.48. The molecular weight excluding hydrogens is 354 g/mol. The maximum Gasteiger partial charge on any atom is 0.230 e. The molecule has 1 aromatic carbocycles. The molecule has 128 valence electrons. The minimum Gasteiger partial charge on any atom is -0.357 e. The number of anilines is 1. The van der Waals surface area contributed by atoms with Crippen LogP contribution in [0.15, 0.2) is 35.2 Å². The number of carbonyl (C=O) groups excluding carboxylic acids is 1. The number of hydrogen-bond acceptors (Lipinski definition) is 6. The molecule has 1 atom stereocenters. The monoisotopic (exact) mass is 370 g/mol. The molecule has 0 unspecified atom stereocenters. The fourth-order valence-corrected chi connectivity index (χ4v) is 3.41. The number of nitrogens with one attached hydrogen (secondary N) is 2. The molecule has 9 heteroatoms. The Morgan fingerprint density at radius 1 is 1.46 bits per heavy atom. The van der Waals surface area contributed by atoms with Crippen molar-refractivity contribution < 1.29 is 13.6 Å². The van der Waals surface area contributed by atoms with Crippen molar-refractivity contribution in [3.05, 3.63) is 48.1 Å². The minimum absolute atomic E-state index is 0.128. The van der Waals surface area contributed by atoms with Crippen molar-refractivity contribution in [2.24, 2.45) is 0 Å². The van der Waals surface area contributed by atoms with Crippen molar-refractivity contribution in [1.29, 1.82) is 0 Å². The van der Waals surface area contributed by atoms with Gasteiger partial charge in [-0.1, -0.05) is 35.2 Å². The van der Waals surface area contributed by atoms with Gasteiger partial charge in [-0.2, -0.15) is 0 Å². The Morgan fingerprint density at radius 3 is 2.96 bits per heavy atom. The second-order valence-corrected chi connectivity index (χ2v) is 6.99. The van der Waals surface area contributed by atoms with Gasteiger partial charge in [-0.3, -0.25) is 4.79 Å². The first kappa shape index (κ1) is 18.3. The molecule has 0 saturated carbocycles. The van der Waals surface area contributed by atoms with E-state index in [1.807, 2.05) is 0 Å². The fourth-order valence-electron chi connectivity index (χ4n) is 1.84. The topological polar surface area (TPSA) is 66.9 Å². The number of carbonyl (C=O) groups is 1. The number of halogens is 2. The average Bonchev–Trinajstić information content (AvgIpc) is 2.98. The molecule has 0 bridgehead atoms. The van der Waals surface area contributed by atoms with Gasteiger partial charge in [-0.25, -0.2) is 8.78 Å². The molecule has 0 fully saturated rings. The highest BCUT2D eigenvalue weighted by atomic mass is 32.2. The summed E-state index contributed by atoms with van der Waals surface area (Å²) in [5.41, 5.74) is 0.238. The van der Waals surface area contributed by atoms with Crippen LogP contribution in [0.1, 0.15) is 18.5 Å². The van der Waals surface area contributed by atoms with Crippen molar-refractivity contribution in [3.63, 3.8) is 0 Å². The molecule has 2 N–H and O–H groups in total. The smallest absolute Gasteiger partial charge is 0.230 e. The molecule has 0 spiro atoms. The molecule has 1 heterocycles. The Morgan fingerprint density at radius 2 is 2.25 bits per heavy atom. The summed E-state index contributed by atoms with van der Waals surface area (Å²) in [4.78, 5) is 12.0. The minimum atomic E-state index is -0.683. The molecule has 2 rings (SSSR count). The fraction of sp³-hybridized carbons (Fsp3) is 0.267. The summed E-state index contributed by atoms with van der Waals surface area (Å²) in [6.07, 6.45) is 1.71. The van der Waals surface area contributed by atoms with Crippen LogP contribution in [0.3, 0.4) is 0 Å². The molecule has 5 nitrogen and oxygen atoms in total. The van der Waals surface area contributed by atoms with E-state index in [9.17, 15) is 13.6 Å². The van der Waals surface area contributed by atoms with Crippen LogP contribution in [0, 0.1) is 11.6 Å². The number of amides is 1. The van der Waals surface area contributed by atoms with Crippen LogP contribution >= 0.6 is 23.1 Å². The van der Waals surface area contributed by atoms with E-state index in [1.165, 1.54) is 29.2 Å². The van der Waals surface area contributed by atoms with E-state index in [4.69, 9.17) is 0 Å². The van der Waals surface area contributed by atoms with Crippen molar-refractivity contribution in [3.8, 4) is 0 Å². The molecule has 1 amide bonds. The summed E-state index contributed by atoms with van der Waals surface area (Å²) >= 11 is 2.57. The molecule has 0 aliphatic rings. The third kappa shape index (κ3) is 5.27. The van der Waals surface area contributed by atoms with Crippen LogP contribution in [0.2, 0.25) is 0 Å². The second kappa shape index (κ2) is 8.74. The van der Waals surface area contributed by atoms with E-state index in [0.717, 1.165) is 12.1 Å². The third-order valence-corrected chi connectivity index (χ3v) is 4.95. The number of aromatic nitrogens is 2. The molecule has 0 aliphatic carbocycles. The highest BCUT2D eigenvalue weighted by Gasteiger charge is 2.15. The van der Waals surface area contributed by atoms with Gasteiger partial charge in [0.05, 0.1) is 11.8 Å².